The van der Waals surface area contributed by atoms with Crippen LogP contribution >= 0.6 is 15.9 Å². The van der Waals surface area contributed by atoms with Gasteiger partial charge in [0.2, 0.25) is 5.78 Å². The van der Waals surface area contributed by atoms with E-state index in [9.17, 15) is 0 Å². The van der Waals surface area contributed by atoms with Crippen LogP contribution in [0.15, 0.2) is 41.1 Å². The lowest BCUT2D eigenvalue weighted by Gasteiger charge is -2.00. The van der Waals surface area contributed by atoms with Crippen LogP contribution in [0.3, 0.4) is 0 Å². The molecule has 3 rings (SSSR count). The summed E-state index contributed by atoms with van der Waals surface area (Å²) in [7, 11) is 0. The van der Waals surface area contributed by atoms with E-state index in [-0.39, 0.29) is 0 Å². The Morgan fingerprint density at radius 3 is 2.56 bits per heavy atom. The van der Waals surface area contributed by atoms with Crippen LogP contribution in [0.25, 0.3) is 17.0 Å². The first kappa shape index (κ1) is 11.4. The van der Waals surface area contributed by atoms with Gasteiger partial charge in [-0.1, -0.05) is 29.8 Å². The SMILES string of the molecule is Cc1ccc(-c2nc3ncc(Br)cn3c2C)cc1. The van der Waals surface area contributed by atoms with Gasteiger partial charge in [-0.2, -0.15) is 0 Å². The third kappa shape index (κ3) is 1.82. The van der Waals surface area contributed by atoms with Crippen LogP contribution in [0, 0.1) is 13.8 Å². The number of imidazole rings is 1. The van der Waals surface area contributed by atoms with E-state index in [0.717, 1.165) is 27.2 Å². The fourth-order valence-corrected chi connectivity index (χ4v) is 2.31. The number of aryl methyl sites for hydroxylation is 2. The van der Waals surface area contributed by atoms with Crippen molar-refractivity contribution in [3.8, 4) is 11.3 Å². The van der Waals surface area contributed by atoms with Crippen LogP contribution in [0.1, 0.15) is 11.3 Å². The van der Waals surface area contributed by atoms with Crippen molar-refractivity contribution in [3.63, 3.8) is 0 Å². The van der Waals surface area contributed by atoms with Crippen molar-refractivity contribution in [2.45, 2.75) is 13.8 Å². The predicted octanol–water partition coefficient (Wildman–Crippen LogP) is 3.78. The van der Waals surface area contributed by atoms with Gasteiger partial charge in [-0.15, -0.1) is 0 Å². The zero-order chi connectivity index (χ0) is 12.7. The van der Waals surface area contributed by atoms with E-state index in [1.54, 1.807) is 6.20 Å². The quantitative estimate of drug-likeness (QED) is 0.685. The molecule has 2 heterocycles. The Balaban J connectivity index is 2.23. The van der Waals surface area contributed by atoms with Gasteiger partial charge in [0, 0.05) is 23.7 Å². The third-order valence-electron chi connectivity index (χ3n) is 3.01. The van der Waals surface area contributed by atoms with Gasteiger partial charge in [0.05, 0.1) is 10.2 Å². The fraction of sp³-hybridized carbons (Fsp3) is 0.143. The normalized spacial score (nSPS) is 11.1. The largest absolute Gasteiger partial charge is 0.287 e. The van der Waals surface area contributed by atoms with Crippen LogP contribution in [0.2, 0.25) is 0 Å². The van der Waals surface area contributed by atoms with Gasteiger partial charge in [-0.25, -0.2) is 9.97 Å². The molecule has 0 aliphatic rings. The maximum Gasteiger partial charge on any atom is 0.234 e. The molecule has 0 aliphatic carbocycles. The second-order valence-corrected chi connectivity index (χ2v) is 5.27. The van der Waals surface area contributed by atoms with Crippen molar-refractivity contribution in [1.29, 1.82) is 0 Å². The average Bonchev–Trinajstić information content (AvgIpc) is 2.68. The molecule has 18 heavy (non-hydrogen) atoms. The second kappa shape index (κ2) is 4.21. The van der Waals surface area contributed by atoms with Crippen molar-refractivity contribution in [3.05, 3.63) is 52.4 Å². The lowest BCUT2D eigenvalue weighted by Crippen LogP contribution is -1.89. The van der Waals surface area contributed by atoms with E-state index < -0.39 is 0 Å². The van der Waals surface area contributed by atoms with Gasteiger partial charge in [-0.3, -0.25) is 4.40 Å². The molecule has 0 amide bonds. The smallest absolute Gasteiger partial charge is 0.234 e. The summed E-state index contributed by atoms with van der Waals surface area (Å²) in [6.45, 7) is 4.14. The lowest BCUT2D eigenvalue weighted by molar-refractivity contribution is 1.05. The highest BCUT2D eigenvalue weighted by Crippen LogP contribution is 2.24. The topological polar surface area (TPSA) is 30.2 Å². The summed E-state index contributed by atoms with van der Waals surface area (Å²) < 4.78 is 2.95. The zero-order valence-electron chi connectivity index (χ0n) is 10.2. The number of halogens is 1. The summed E-state index contributed by atoms with van der Waals surface area (Å²) in [5.74, 6) is 0.728. The molecule has 3 aromatic rings. The molecule has 1 aromatic carbocycles. The lowest BCUT2D eigenvalue weighted by atomic mass is 10.1. The van der Waals surface area contributed by atoms with E-state index in [0.29, 0.717) is 0 Å². The molecule has 2 aromatic heterocycles. The van der Waals surface area contributed by atoms with Gasteiger partial charge in [0.1, 0.15) is 0 Å². The minimum Gasteiger partial charge on any atom is -0.287 e. The summed E-state index contributed by atoms with van der Waals surface area (Å²) in [6, 6.07) is 8.39. The number of benzene rings is 1. The molecule has 0 radical (unpaired) electrons. The number of hydrogen-bond donors (Lipinski definition) is 0. The summed E-state index contributed by atoms with van der Waals surface area (Å²) in [5, 5.41) is 0. The molecule has 0 N–H and O–H groups in total. The van der Waals surface area contributed by atoms with Crippen LogP contribution < -0.4 is 0 Å². The molecule has 0 bridgehead atoms. The van der Waals surface area contributed by atoms with E-state index in [1.807, 2.05) is 10.6 Å². The Bertz CT molecular complexity index is 714. The van der Waals surface area contributed by atoms with Crippen molar-refractivity contribution in [2.75, 3.05) is 0 Å². The molecule has 0 fully saturated rings. The third-order valence-corrected chi connectivity index (χ3v) is 3.42. The molecule has 0 unspecified atom stereocenters. The first-order valence-corrected chi connectivity index (χ1v) is 6.52. The van der Waals surface area contributed by atoms with Crippen LogP contribution in [0.5, 0.6) is 0 Å². The fourth-order valence-electron chi connectivity index (χ4n) is 2.01. The molecule has 0 atom stereocenters. The first-order valence-electron chi connectivity index (χ1n) is 5.72. The summed E-state index contributed by atoms with van der Waals surface area (Å²) in [5.41, 5.74) is 4.46. The highest BCUT2D eigenvalue weighted by Gasteiger charge is 2.10. The zero-order valence-corrected chi connectivity index (χ0v) is 11.8. The standard InChI is InChI=1S/C14H12BrN3/c1-9-3-5-11(6-4-9)13-10(2)18-8-12(15)7-16-14(18)17-13/h3-8H,1-2H3. The first-order chi connectivity index (χ1) is 8.65. The molecule has 3 nitrogen and oxygen atoms in total. The predicted molar refractivity (Wildman–Crippen MR) is 75.6 cm³/mol. The Morgan fingerprint density at radius 2 is 1.83 bits per heavy atom. The molecule has 4 heteroatoms. The van der Waals surface area contributed by atoms with Gasteiger partial charge in [0.15, 0.2) is 0 Å². The van der Waals surface area contributed by atoms with Crippen molar-refractivity contribution >= 4 is 21.7 Å². The van der Waals surface area contributed by atoms with Gasteiger partial charge < -0.3 is 0 Å². The van der Waals surface area contributed by atoms with Crippen LogP contribution in [-0.4, -0.2) is 14.4 Å². The summed E-state index contributed by atoms with van der Waals surface area (Å²) in [6.07, 6.45) is 3.75. The number of aromatic nitrogens is 3. The Hall–Kier alpha value is -1.68. The Labute approximate surface area is 114 Å². The number of fused-ring (bicyclic) bond motifs is 1. The van der Waals surface area contributed by atoms with Crippen LogP contribution in [-0.2, 0) is 0 Å². The van der Waals surface area contributed by atoms with Crippen molar-refractivity contribution in [2.24, 2.45) is 0 Å². The minimum atomic E-state index is 0.728. The van der Waals surface area contributed by atoms with Gasteiger partial charge in [0.25, 0.3) is 0 Å². The van der Waals surface area contributed by atoms with E-state index in [4.69, 9.17) is 0 Å². The molecular formula is C14H12BrN3. The average molecular weight is 302 g/mol. The summed E-state index contributed by atoms with van der Waals surface area (Å²) >= 11 is 3.43. The van der Waals surface area contributed by atoms with Crippen molar-refractivity contribution < 1.29 is 0 Å². The highest BCUT2D eigenvalue weighted by atomic mass is 79.9. The molecule has 0 saturated carbocycles. The highest BCUT2D eigenvalue weighted by molar-refractivity contribution is 9.10. The molecule has 0 spiro atoms. The minimum absolute atomic E-state index is 0.728. The Kier molecular flexibility index (Phi) is 2.67. The molecular weight excluding hydrogens is 290 g/mol. The van der Waals surface area contributed by atoms with E-state index >= 15 is 0 Å². The number of hydrogen-bond acceptors (Lipinski definition) is 2. The van der Waals surface area contributed by atoms with Gasteiger partial charge in [-0.05, 0) is 29.8 Å². The molecule has 90 valence electrons. The maximum absolute atomic E-state index is 4.58. The second-order valence-electron chi connectivity index (χ2n) is 4.35. The number of nitrogens with zero attached hydrogens (tertiary/aromatic N) is 3. The summed E-state index contributed by atoms with van der Waals surface area (Å²) in [4.78, 5) is 8.89. The monoisotopic (exact) mass is 301 g/mol. The Morgan fingerprint density at radius 1 is 1.11 bits per heavy atom. The van der Waals surface area contributed by atoms with Gasteiger partial charge >= 0.3 is 0 Å². The molecule has 0 aliphatic heterocycles. The van der Waals surface area contributed by atoms with E-state index in [1.165, 1.54) is 5.56 Å². The van der Waals surface area contributed by atoms with Crippen molar-refractivity contribution in [1.82, 2.24) is 14.4 Å². The number of rotatable bonds is 1. The molecule has 0 saturated heterocycles. The van der Waals surface area contributed by atoms with Crippen LogP contribution in [0.4, 0.5) is 0 Å². The maximum atomic E-state index is 4.58. The van der Waals surface area contributed by atoms with E-state index in [2.05, 4.69) is 64.0 Å².